The summed E-state index contributed by atoms with van der Waals surface area (Å²) in [5.74, 6) is 1.09. The van der Waals surface area contributed by atoms with E-state index >= 15 is 0 Å². The molecule has 0 aromatic heterocycles. The zero-order valence-corrected chi connectivity index (χ0v) is 14.8. The van der Waals surface area contributed by atoms with E-state index in [1.165, 1.54) is 4.31 Å². The highest BCUT2D eigenvalue weighted by Gasteiger charge is 2.32. The molecule has 1 unspecified atom stereocenters. The Bertz CT molecular complexity index is 392. The molecule has 0 bridgehead atoms. The van der Waals surface area contributed by atoms with Gasteiger partial charge >= 0.3 is 0 Å². The quantitative estimate of drug-likeness (QED) is 0.729. The van der Waals surface area contributed by atoms with Crippen LogP contribution in [0.3, 0.4) is 0 Å². The van der Waals surface area contributed by atoms with E-state index in [4.69, 9.17) is 11.6 Å². The molecule has 6 heteroatoms. The molecule has 0 aromatic rings. The molecular formula is C14H29ClN2O2S. The highest BCUT2D eigenvalue weighted by atomic mass is 35.5. The zero-order chi connectivity index (χ0) is 15.4. The lowest BCUT2D eigenvalue weighted by atomic mass is 9.77. The van der Waals surface area contributed by atoms with Crippen molar-refractivity contribution in [1.82, 2.24) is 8.61 Å². The molecule has 1 fully saturated rings. The van der Waals surface area contributed by atoms with Crippen LogP contribution in [0.25, 0.3) is 0 Å². The Hall–Kier alpha value is 0.160. The standard InChI is InChI=1S/C14H29ClN2O2S/c1-14(2,3)13-7-5-11-17(12-8-13)20(18,19)16(4)10-6-9-15/h13H,5-12H2,1-4H3. The van der Waals surface area contributed by atoms with Gasteiger partial charge in [0.2, 0.25) is 0 Å². The van der Waals surface area contributed by atoms with Crippen LogP contribution in [0.2, 0.25) is 0 Å². The van der Waals surface area contributed by atoms with Crippen molar-refractivity contribution >= 4 is 21.8 Å². The lowest BCUT2D eigenvalue weighted by Gasteiger charge is -2.30. The van der Waals surface area contributed by atoms with E-state index in [1.54, 1.807) is 11.4 Å². The molecule has 1 heterocycles. The van der Waals surface area contributed by atoms with Crippen LogP contribution in [-0.4, -0.2) is 49.6 Å². The lowest BCUT2D eigenvalue weighted by molar-refractivity contribution is 0.216. The van der Waals surface area contributed by atoms with Crippen LogP contribution in [0.15, 0.2) is 0 Å². The minimum absolute atomic E-state index is 0.254. The van der Waals surface area contributed by atoms with Crippen LogP contribution in [0.1, 0.15) is 46.5 Å². The van der Waals surface area contributed by atoms with Gasteiger partial charge in [0.05, 0.1) is 0 Å². The summed E-state index contributed by atoms with van der Waals surface area (Å²) in [6, 6.07) is 0. The fourth-order valence-electron chi connectivity index (χ4n) is 2.76. The third-order valence-corrected chi connectivity index (χ3v) is 6.49. The number of hydrogen-bond donors (Lipinski definition) is 0. The zero-order valence-electron chi connectivity index (χ0n) is 13.2. The van der Waals surface area contributed by atoms with Gasteiger partial charge in [-0.3, -0.25) is 0 Å². The molecule has 4 nitrogen and oxygen atoms in total. The second kappa shape index (κ2) is 7.43. The second-order valence-electron chi connectivity index (χ2n) is 6.76. The van der Waals surface area contributed by atoms with E-state index in [-0.39, 0.29) is 5.41 Å². The lowest BCUT2D eigenvalue weighted by Crippen LogP contribution is -2.43. The molecule has 20 heavy (non-hydrogen) atoms. The fraction of sp³-hybridized carbons (Fsp3) is 1.00. The van der Waals surface area contributed by atoms with Crippen molar-refractivity contribution in [2.45, 2.75) is 46.5 Å². The molecule has 1 rings (SSSR count). The van der Waals surface area contributed by atoms with Gasteiger partial charge in [-0.2, -0.15) is 17.0 Å². The normalized spacial score (nSPS) is 23.0. The number of rotatable bonds is 5. The number of hydrogen-bond acceptors (Lipinski definition) is 2. The van der Waals surface area contributed by atoms with Crippen LogP contribution >= 0.6 is 11.6 Å². The third-order valence-electron chi connectivity index (χ3n) is 4.24. The molecule has 1 aliphatic heterocycles. The Morgan fingerprint density at radius 3 is 2.45 bits per heavy atom. The average Bonchev–Trinajstić information content (AvgIpc) is 2.61. The van der Waals surface area contributed by atoms with Crippen LogP contribution < -0.4 is 0 Å². The molecular weight excluding hydrogens is 296 g/mol. The molecule has 0 aliphatic carbocycles. The Labute approximate surface area is 129 Å². The maximum atomic E-state index is 12.5. The molecule has 1 aliphatic rings. The van der Waals surface area contributed by atoms with E-state index in [0.717, 1.165) is 19.3 Å². The van der Waals surface area contributed by atoms with Gasteiger partial charge < -0.3 is 0 Å². The summed E-state index contributed by atoms with van der Waals surface area (Å²) in [6.07, 6.45) is 3.70. The van der Waals surface area contributed by atoms with Crippen LogP contribution in [0.5, 0.6) is 0 Å². The van der Waals surface area contributed by atoms with Crippen LogP contribution in [0, 0.1) is 11.3 Å². The summed E-state index contributed by atoms with van der Waals surface area (Å²) in [7, 11) is -1.67. The number of nitrogens with zero attached hydrogens (tertiary/aromatic N) is 2. The summed E-state index contributed by atoms with van der Waals surface area (Å²) < 4.78 is 28.1. The Balaban J connectivity index is 2.68. The Morgan fingerprint density at radius 1 is 1.25 bits per heavy atom. The topological polar surface area (TPSA) is 40.6 Å². The SMILES string of the molecule is CN(CCCCl)S(=O)(=O)N1CCCC(C(C)(C)C)CC1. The predicted octanol–water partition coefficient (Wildman–Crippen LogP) is 2.94. The summed E-state index contributed by atoms with van der Waals surface area (Å²) >= 11 is 5.64. The van der Waals surface area contributed by atoms with Gasteiger partial charge in [0.25, 0.3) is 10.2 Å². The fourth-order valence-corrected chi connectivity index (χ4v) is 4.33. The monoisotopic (exact) mass is 324 g/mol. The maximum absolute atomic E-state index is 12.5. The maximum Gasteiger partial charge on any atom is 0.281 e. The van der Waals surface area contributed by atoms with Gasteiger partial charge in [0.15, 0.2) is 0 Å². The largest absolute Gasteiger partial charge is 0.281 e. The first-order chi connectivity index (χ1) is 9.19. The van der Waals surface area contributed by atoms with E-state index in [2.05, 4.69) is 20.8 Å². The van der Waals surface area contributed by atoms with Crippen molar-refractivity contribution < 1.29 is 8.42 Å². The van der Waals surface area contributed by atoms with Crippen molar-refractivity contribution in [3.8, 4) is 0 Å². The first kappa shape index (κ1) is 18.2. The predicted molar refractivity (Wildman–Crippen MR) is 85.3 cm³/mol. The third kappa shape index (κ3) is 4.86. The summed E-state index contributed by atoms with van der Waals surface area (Å²) in [5.41, 5.74) is 0.254. The van der Waals surface area contributed by atoms with Crippen molar-refractivity contribution in [2.75, 3.05) is 32.6 Å². The van der Waals surface area contributed by atoms with Crippen molar-refractivity contribution in [2.24, 2.45) is 11.3 Å². The first-order valence-corrected chi connectivity index (χ1v) is 9.40. The average molecular weight is 325 g/mol. The number of halogens is 1. The Kier molecular flexibility index (Phi) is 6.77. The molecule has 0 N–H and O–H groups in total. The second-order valence-corrected chi connectivity index (χ2v) is 9.18. The van der Waals surface area contributed by atoms with Crippen LogP contribution in [-0.2, 0) is 10.2 Å². The minimum Gasteiger partial charge on any atom is -0.195 e. The van der Waals surface area contributed by atoms with Crippen molar-refractivity contribution in [3.05, 3.63) is 0 Å². The van der Waals surface area contributed by atoms with Gasteiger partial charge in [-0.1, -0.05) is 20.8 Å². The highest BCUT2D eigenvalue weighted by Crippen LogP contribution is 2.34. The van der Waals surface area contributed by atoms with Gasteiger partial charge in [-0.05, 0) is 37.0 Å². The first-order valence-electron chi connectivity index (χ1n) is 7.47. The molecule has 1 atom stereocenters. The molecule has 1 saturated heterocycles. The van der Waals surface area contributed by atoms with Gasteiger partial charge in [0, 0.05) is 32.6 Å². The molecule has 0 spiro atoms. The van der Waals surface area contributed by atoms with E-state index in [9.17, 15) is 8.42 Å². The van der Waals surface area contributed by atoms with Gasteiger partial charge in [-0.15, -0.1) is 11.6 Å². The van der Waals surface area contributed by atoms with Crippen molar-refractivity contribution in [3.63, 3.8) is 0 Å². The summed E-state index contributed by atoms with van der Waals surface area (Å²) in [6.45, 7) is 8.50. The smallest absolute Gasteiger partial charge is 0.195 e. The van der Waals surface area contributed by atoms with Crippen molar-refractivity contribution in [1.29, 1.82) is 0 Å². The molecule has 120 valence electrons. The van der Waals surface area contributed by atoms with E-state index in [1.807, 2.05) is 0 Å². The van der Waals surface area contributed by atoms with Gasteiger partial charge in [0.1, 0.15) is 0 Å². The molecule has 0 aromatic carbocycles. The molecule has 0 radical (unpaired) electrons. The summed E-state index contributed by atoms with van der Waals surface area (Å²) in [5, 5.41) is 0. The highest BCUT2D eigenvalue weighted by molar-refractivity contribution is 7.86. The Morgan fingerprint density at radius 2 is 1.90 bits per heavy atom. The van der Waals surface area contributed by atoms with Crippen LogP contribution in [0.4, 0.5) is 0 Å². The minimum atomic E-state index is -3.32. The van der Waals surface area contributed by atoms with E-state index < -0.39 is 10.2 Å². The number of alkyl halides is 1. The molecule has 0 saturated carbocycles. The summed E-state index contributed by atoms with van der Waals surface area (Å²) in [4.78, 5) is 0. The van der Waals surface area contributed by atoms with Gasteiger partial charge in [-0.25, -0.2) is 0 Å². The molecule has 0 amide bonds. The van der Waals surface area contributed by atoms with E-state index in [0.29, 0.717) is 37.9 Å².